The third kappa shape index (κ3) is 3.41. The summed E-state index contributed by atoms with van der Waals surface area (Å²) in [6, 6.07) is 5.80. The highest BCUT2D eigenvalue weighted by atomic mass is 32.1. The minimum atomic E-state index is -0.508. The summed E-state index contributed by atoms with van der Waals surface area (Å²) in [6.07, 6.45) is 5.16. The Kier molecular flexibility index (Phi) is 4.80. The number of thiocarbonyl (C=S) groups is 1. The lowest BCUT2D eigenvalue weighted by molar-refractivity contribution is -0.123. The van der Waals surface area contributed by atoms with Crippen molar-refractivity contribution < 1.29 is 14.3 Å². The quantitative estimate of drug-likeness (QED) is 0.495. The molecule has 2 fully saturated rings. The number of benzene rings is 1. The van der Waals surface area contributed by atoms with Crippen molar-refractivity contribution in [3.63, 3.8) is 0 Å². The summed E-state index contributed by atoms with van der Waals surface area (Å²) in [5.41, 5.74) is 1.77. The molecule has 0 aliphatic carbocycles. The topological polar surface area (TPSA) is 70.7 Å². The van der Waals surface area contributed by atoms with E-state index in [1.165, 1.54) is 25.3 Å². The Hall–Kier alpha value is -2.41. The fraction of sp³-hybridized carbons (Fsp3) is 0.353. The van der Waals surface area contributed by atoms with E-state index >= 15 is 0 Å². The van der Waals surface area contributed by atoms with Gasteiger partial charge in [0.2, 0.25) is 0 Å². The lowest BCUT2D eigenvalue weighted by Gasteiger charge is -2.29. The fourth-order valence-corrected chi connectivity index (χ4v) is 3.12. The Morgan fingerprint density at radius 2 is 1.79 bits per heavy atom. The zero-order valence-corrected chi connectivity index (χ0v) is 14.2. The summed E-state index contributed by atoms with van der Waals surface area (Å²) in [6.45, 7) is 2.07. The number of anilines is 1. The molecule has 6 nitrogen and oxygen atoms in total. The van der Waals surface area contributed by atoms with Gasteiger partial charge >= 0.3 is 0 Å². The van der Waals surface area contributed by atoms with E-state index in [0.29, 0.717) is 11.3 Å². The molecule has 126 valence electrons. The fourth-order valence-electron chi connectivity index (χ4n) is 2.93. The van der Waals surface area contributed by atoms with Gasteiger partial charge in [0.25, 0.3) is 11.8 Å². The van der Waals surface area contributed by atoms with Crippen LogP contribution in [-0.2, 0) is 9.59 Å². The molecule has 0 bridgehead atoms. The van der Waals surface area contributed by atoms with Gasteiger partial charge in [-0.3, -0.25) is 20.2 Å². The van der Waals surface area contributed by atoms with Gasteiger partial charge in [-0.2, -0.15) is 0 Å². The van der Waals surface area contributed by atoms with E-state index in [0.717, 1.165) is 18.8 Å². The summed E-state index contributed by atoms with van der Waals surface area (Å²) in [7, 11) is 1.58. The first-order valence-corrected chi connectivity index (χ1v) is 8.30. The molecule has 2 saturated heterocycles. The van der Waals surface area contributed by atoms with Crippen LogP contribution < -0.4 is 20.3 Å². The molecule has 2 amide bonds. The lowest BCUT2D eigenvalue weighted by Crippen LogP contribution is -2.51. The number of ether oxygens (including phenoxy) is 1. The Labute approximate surface area is 145 Å². The number of amides is 2. The van der Waals surface area contributed by atoms with Crippen LogP contribution in [0.25, 0.3) is 6.08 Å². The van der Waals surface area contributed by atoms with Gasteiger partial charge in [-0.05, 0) is 49.7 Å². The van der Waals surface area contributed by atoms with Crippen LogP contribution in [0.2, 0.25) is 0 Å². The van der Waals surface area contributed by atoms with Crippen molar-refractivity contribution in [3.05, 3.63) is 29.3 Å². The summed E-state index contributed by atoms with van der Waals surface area (Å²) >= 11 is 4.79. The molecule has 7 heteroatoms. The second-order valence-corrected chi connectivity index (χ2v) is 6.18. The number of nitrogens with one attached hydrogen (secondary N) is 2. The van der Waals surface area contributed by atoms with E-state index < -0.39 is 11.8 Å². The Morgan fingerprint density at radius 1 is 1.12 bits per heavy atom. The lowest BCUT2D eigenvalue weighted by atomic mass is 10.1. The van der Waals surface area contributed by atoms with Crippen molar-refractivity contribution in [2.24, 2.45) is 0 Å². The van der Waals surface area contributed by atoms with E-state index in [1.807, 2.05) is 18.2 Å². The van der Waals surface area contributed by atoms with Crippen LogP contribution in [0.1, 0.15) is 24.8 Å². The van der Waals surface area contributed by atoms with Crippen LogP contribution in [0.5, 0.6) is 5.75 Å². The maximum Gasteiger partial charge on any atom is 0.263 e. The van der Waals surface area contributed by atoms with Crippen LogP contribution in [0, 0.1) is 0 Å². The Morgan fingerprint density at radius 3 is 2.42 bits per heavy atom. The molecule has 2 aliphatic heterocycles. The molecule has 0 unspecified atom stereocenters. The first kappa shape index (κ1) is 16.4. The van der Waals surface area contributed by atoms with Gasteiger partial charge in [0.15, 0.2) is 5.11 Å². The molecule has 2 aliphatic rings. The van der Waals surface area contributed by atoms with Gasteiger partial charge in [0.05, 0.1) is 7.11 Å². The predicted octanol–water partition coefficient (Wildman–Crippen LogP) is 1.60. The normalized spacial score (nSPS) is 18.1. The zero-order chi connectivity index (χ0) is 17.1. The summed E-state index contributed by atoms with van der Waals surface area (Å²) in [4.78, 5) is 26.2. The molecule has 0 radical (unpaired) electrons. The first-order chi connectivity index (χ1) is 11.6. The summed E-state index contributed by atoms with van der Waals surface area (Å²) in [5.74, 6) is -0.392. The van der Waals surface area contributed by atoms with E-state index in [9.17, 15) is 9.59 Å². The maximum atomic E-state index is 12.0. The van der Waals surface area contributed by atoms with Crippen molar-refractivity contribution >= 4 is 40.9 Å². The second kappa shape index (κ2) is 7.00. The van der Waals surface area contributed by atoms with Gasteiger partial charge in [-0.25, -0.2) is 0 Å². The highest BCUT2D eigenvalue weighted by molar-refractivity contribution is 7.80. The number of carbonyl (C=O) groups is 2. The predicted molar refractivity (Wildman–Crippen MR) is 95.9 cm³/mol. The third-order valence-corrected chi connectivity index (χ3v) is 4.39. The highest BCUT2D eigenvalue weighted by Crippen LogP contribution is 2.29. The zero-order valence-electron chi connectivity index (χ0n) is 13.4. The number of nitrogens with zero attached hydrogens (tertiary/aromatic N) is 1. The molecule has 1 aromatic rings. The minimum Gasteiger partial charge on any atom is -0.496 e. The van der Waals surface area contributed by atoms with E-state index in [-0.39, 0.29) is 10.7 Å². The van der Waals surface area contributed by atoms with E-state index in [4.69, 9.17) is 17.0 Å². The Bertz CT molecular complexity index is 702. The maximum absolute atomic E-state index is 12.0. The van der Waals surface area contributed by atoms with Crippen LogP contribution in [0.15, 0.2) is 23.8 Å². The average Bonchev–Trinajstić information content (AvgIpc) is 2.59. The van der Waals surface area contributed by atoms with Crippen molar-refractivity contribution in [3.8, 4) is 5.75 Å². The molecule has 1 aromatic carbocycles. The number of hydrogen-bond donors (Lipinski definition) is 2. The van der Waals surface area contributed by atoms with Crippen molar-refractivity contribution in [2.45, 2.75) is 19.3 Å². The van der Waals surface area contributed by atoms with Gasteiger partial charge in [-0.15, -0.1) is 0 Å². The molecule has 24 heavy (non-hydrogen) atoms. The monoisotopic (exact) mass is 345 g/mol. The standard InChI is InChI=1S/C17H19N3O3S/c1-23-14-10-12(20-7-3-2-4-8-20)6-5-11(14)9-13-15(21)18-17(24)19-16(13)22/h5-6,9-10H,2-4,7-8H2,1H3,(H2,18,19,21,22,24). The molecular weight excluding hydrogens is 326 g/mol. The van der Waals surface area contributed by atoms with Crippen molar-refractivity contribution in [2.75, 3.05) is 25.1 Å². The van der Waals surface area contributed by atoms with Crippen molar-refractivity contribution in [1.29, 1.82) is 0 Å². The minimum absolute atomic E-state index is 0.00706. The van der Waals surface area contributed by atoms with Crippen molar-refractivity contribution in [1.82, 2.24) is 10.6 Å². The van der Waals surface area contributed by atoms with E-state index in [1.54, 1.807) is 7.11 Å². The summed E-state index contributed by atoms with van der Waals surface area (Å²) in [5, 5.41) is 4.87. The van der Waals surface area contributed by atoms with Crippen LogP contribution in [0.3, 0.4) is 0 Å². The molecule has 0 spiro atoms. The molecule has 0 aromatic heterocycles. The van der Waals surface area contributed by atoms with E-state index in [2.05, 4.69) is 15.5 Å². The number of rotatable bonds is 3. The number of carbonyl (C=O) groups excluding carboxylic acids is 2. The van der Waals surface area contributed by atoms with Gasteiger partial charge in [0, 0.05) is 30.4 Å². The Balaban J connectivity index is 1.90. The first-order valence-electron chi connectivity index (χ1n) is 7.90. The third-order valence-electron chi connectivity index (χ3n) is 4.18. The molecule has 0 atom stereocenters. The highest BCUT2D eigenvalue weighted by Gasteiger charge is 2.26. The largest absolute Gasteiger partial charge is 0.496 e. The van der Waals surface area contributed by atoms with Crippen LogP contribution >= 0.6 is 12.2 Å². The van der Waals surface area contributed by atoms with Gasteiger partial charge < -0.3 is 9.64 Å². The molecule has 0 saturated carbocycles. The second-order valence-electron chi connectivity index (χ2n) is 5.77. The van der Waals surface area contributed by atoms with Gasteiger partial charge in [0.1, 0.15) is 11.3 Å². The molecule has 2 N–H and O–H groups in total. The van der Waals surface area contributed by atoms with Gasteiger partial charge in [-0.1, -0.05) is 0 Å². The summed E-state index contributed by atoms with van der Waals surface area (Å²) < 4.78 is 5.45. The molecular formula is C17H19N3O3S. The SMILES string of the molecule is COc1cc(N2CCCCC2)ccc1C=C1C(=O)NC(=S)NC1=O. The molecule has 2 heterocycles. The molecule has 3 rings (SSSR count). The number of piperidine rings is 1. The smallest absolute Gasteiger partial charge is 0.263 e. The average molecular weight is 345 g/mol. The number of methoxy groups -OCH3 is 1. The van der Waals surface area contributed by atoms with Crippen LogP contribution in [0.4, 0.5) is 5.69 Å². The number of hydrogen-bond acceptors (Lipinski definition) is 5. The van der Waals surface area contributed by atoms with Crippen LogP contribution in [-0.4, -0.2) is 37.1 Å².